The first kappa shape index (κ1) is 21.0. The lowest BCUT2D eigenvalue weighted by molar-refractivity contribution is 0.0657. The van der Waals surface area contributed by atoms with Crippen LogP contribution < -0.4 is 10.6 Å². The number of hydrogen-bond donors (Lipinski definition) is 3. The lowest BCUT2D eigenvalue weighted by Crippen LogP contribution is -2.43. The Morgan fingerprint density at radius 3 is 2.42 bits per heavy atom. The molecular formula is C23H24N4O3S. The van der Waals surface area contributed by atoms with Gasteiger partial charge in [0.25, 0.3) is 11.8 Å². The Bertz CT molecular complexity index is 1070. The fourth-order valence-corrected chi connectivity index (χ4v) is 4.55. The molecule has 2 amide bonds. The van der Waals surface area contributed by atoms with Crippen LogP contribution in [0.2, 0.25) is 0 Å². The summed E-state index contributed by atoms with van der Waals surface area (Å²) >= 11 is 1.56. The Kier molecular flexibility index (Phi) is 6.29. The van der Waals surface area contributed by atoms with Gasteiger partial charge in [-0.3, -0.25) is 19.5 Å². The lowest BCUT2D eigenvalue weighted by atomic mass is 10.1. The largest absolute Gasteiger partial charge is 0.386 e. The SMILES string of the molecule is CCNC(=NCC(O)c1cc2ccccc2s1)NCCN1C(=O)c2ccccc2C1=O. The van der Waals surface area contributed by atoms with Crippen molar-refractivity contribution in [1.29, 1.82) is 0 Å². The number of guanidine groups is 1. The highest BCUT2D eigenvalue weighted by Gasteiger charge is 2.34. The molecule has 4 rings (SSSR count). The highest BCUT2D eigenvalue weighted by atomic mass is 32.1. The summed E-state index contributed by atoms with van der Waals surface area (Å²) in [5.74, 6) is -0.0201. The number of fused-ring (bicyclic) bond motifs is 2. The summed E-state index contributed by atoms with van der Waals surface area (Å²) in [5, 5.41) is 17.9. The maximum Gasteiger partial charge on any atom is 0.261 e. The van der Waals surface area contributed by atoms with Gasteiger partial charge in [-0.15, -0.1) is 11.3 Å². The molecule has 1 atom stereocenters. The van der Waals surface area contributed by atoms with E-state index in [0.717, 1.165) is 15.0 Å². The molecule has 2 heterocycles. The molecule has 0 radical (unpaired) electrons. The van der Waals surface area contributed by atoms with E-state index < -0.39 is 6.10 Å². The second-order valence-electron chi connectivity index (χ2n) is 7.16. The number of rotatable bonds is 7. The number of hydrogen-bond acceptors (Lipinski definition) is 5. The number of aliphatic hydroxyl groups excluding tert-OH is 1. The number of imide groups is 1. The number of aliphatic imine (C=N–C) groups is 1. The van der Waals surface area contributed by atoms with E-state index in [-0.39, 0.29) is 24.9 Å². The topological polar surface area (TPSA) is 94.0 Å². The van der Waals surface area contributed by atoms with Gasteiger partial charge in [-0.1, -0.05) is 30.3 Å². The van der Waals surface area contributed by atoms with Gasteiger partial charge in [0.2, 0.25) is 0 Å². The summed E-state index contributed by atoms with van der Waals surface area (Å²) in [4.78, 5) is 31.5. The van der Waals surface area contributed by atoms with Gasteiger partial charge in [-0.25, -0.2) is 0 Å². The number of carbonyl (C=O) groups excluding carboxylic acids is 2. The Hall–Kier alpha value is -3.23. The molecule has 0 saturated heterocycles. The van der Waals surface area contributed by atoms with Gasteiger partial charge in [-0.05, 0) is 36.6 Å². The van der Waals surface area contributed by atoms with Crippen LogP contribution in [0.1, 0.15) is 38.6 Å². The van der Waals surface area contributed by atoms with Crippen molar-refractivity contribution >= 4 is 39.2 Å². The van der Waals surface area contributed by atoms with Gasteiger partial charge in [0, 0.05) is 29.2 Å². The molecule has 31 heavy (non-hydrogen) atoms. The molecule has 0 spiro atoms. The van der Waals surface area contributed by atoms with Gasteiger partial charge in [0.1, 0.15) is 6.10 Å². The summed E-state index contributed by atoms with van der Waals surface area (Å²) < 4.78 is 1.13. The number of amides is 2. The quantitative estimate of drug-likeness (QED) is 0.301. The minimum atomic E-state index is -0.705. The predicted octanol–water partition coefficient (Wildman–Crippen LogP) is 2.79. The summed E-state index contributed by atoms with van der Waals surface area (Å²) in [7, 11) is 0. The molecular weight excluding hydrogens is 412 g/mol. The molecule has 7 nitrogen and oxygen atoms in total. The van der Waals surface area contributed by atoms with E-state index in [9.17, 15) is 14.7 Å². The summed E-state index contributed by atoms with van der Waals surface area (Å²) in [6.07, 6.45) is -0.705. The van der Waals surface area contributed by atoms with Crippen molar-refractivity contribution < 1.29 is 14.7 Å². The molecule has 1 unspecified atom stereocenters. The average molecular weight is 437 g/mol. The van der Waals surface area contributed by atoms with Crippen LogP contribution in [0.3, 0.4) is 0 Å². The molecule has 3 N–H and O–H groups in total. The third-order valence-corrected chi connectivity index (χ3v) is 6.26. The number of thiophene rings is 1. The summed E-state index contributed by atoms with van der Waals surface area (Å²) in [6, 6.07) is 16.9. The second-order valence-corrected chi connectivity index (χ2v) is 8.27. The van der Waals surface area contributed by atoms with Crippen LogP contribution in [-0.4, -0.2) is 54.0 Å². The van der Waals surface area contributed by atoms with Crippen LogP contribution in [-0.2, 0) is 0 Å². The number of carbonyl (C=O) groups is 2. The molecule has 3 aromatic rings. The van der Waals surface area contributed by atoms with E-state index in [1.54, 1.807) is 35.6 Å². The van der Waals surface area contributed by atoms with Crippen molar-refractivity contribution in [2.45, 2.75) is 13.0 Å². The zero-order valence-electron chi connectivity index (χ0n) is 17.2. The van der Waals surface area contributed by atoms with Crippen molar-refractivity contribution in [3.8, 4) is 0 Å². The molecule has 8 heteroatoms. The molecule has 0 aliphatic carbocycles. The Balaban J connectivity index is 1.35. The molecule has 1 aliphatic heterocycles. The minimum absolute atomic E-state index is 0.204. The number of benzene rings is 2. The third-order valence-electron chi connectivity index (χ3n) is 5.05. The highest BCUT2D eigenvalue weighted by Crippen LogP contribution is 2.29. The zero-order valence-corrected chi connectivity index (χ0v) is 18.0. The maximum absolute atomic E-state index is 12.5. The summed E-state index contributed by atoms with van der Waals surface area (Å²) in [5.41, 5.74) is 0.888. The Morgan fingerprint density at radius 1 is 1.06 bits per heavy atom. The van der Waals surface area contributed by atoms with E-state index in [0.29, 0.717) is 30.2 Å². The predicted molar refractivity (Wildman–Crippen MR) is 123 cm³/mol. The highest BCUT2D eigenvalue weighted by molar-refractivity contribution is 7.19. The van der Waals surface area contributed by atoms with Crippen LogP contribution in [0.5, 0.6) is 0 Å². The van der Waals surface area contributed by atoms with Crippen molar-refractivity contribution in [3.63, 3.8) is 0 Å². The number of aliphatic hydroxyl groups is 1. The molecule has 2 aromatic carbocycles. The van der Waals surface area contributed by atoms with Crippen LogP contribution in [0.4, 0.5) is 0 Å². The first-order valence-electron chi connectivity index (χ1n) is 10.2. The van der Waals surface area contributed by atoms with Gasteiger partial charge in [-0.2, -0.15) is 0 Å². The molecule has 0 bridgehead atoms. The Labute approximate surface area is 184 Å². The van der Waals surface area contributed by atoms with E-state index >= 15 is 0 Å². The van der Waals surface area contributed by atoms with E-state index in [4.69, 9.17) is 0 Å². The second kappa shape index (κ2) is 9.28. The smallest absolute Gasteiger partial charge is 0.261 e. The standard InChI is InChI=1S/C23H24N4O3S/c1-2-24-23(26-14-18(28)20-13-15-7-3-6-10-19(15)31-20)25-11-12-27-21(29)16-8-4-5-9-17(16)22(27)30/h3-10,13,18,28H,2,11-12,14H2,1H3,(H2,24,25,26). The molecule has 160 valence electrons. The zero-order chi connectivity index (χ0) is 21.8. The van der Waals surface area contributed by atoms with Crippen molar-refractivity contribution in [3.05, 3.63) is 70.6 Å². The molecule has 1 aliphatic rings. The number of nitrogens with zero attached hydrogens (tertiary/aromatic N) is 2. The Morgan fingerprint density at radius 2 is 1.74 bits per heavy atom. The molecule has 0 saturated carbocycles. The fraction of sp³-hybridized carbons (Fsp3) is 0.261. The average Bonchev–Trinajstić information content (AvgIpc) is 3.32. The minimum Gasteiger partial charge on any atom is -0.386 e. The van der Waals surface area contributed by atoms with Crippen LogP contribution in [0.25, 0.3) is 10.1 Å². The van der Waals surface area contributed by atoms with Gasteiger partial charge in [0.05, 0.1) is 17.7 Å². The number of nitrogens with one attached hydrogen (secondary N) is 2. The normalized spacial score (nSPS) is 14.8. The maximum atomic E-state index is 12.5. The van der Waals surface area contributed by atoms with Crippen LogP contribution >= 0.6 is 11.3 Å². The van der Waals surface area contributed by atoms with Crippen molar-refractivity contribution in [2.75, 3.05) is 26.2 Å². The summed E-state index contributed by atoms with van der Waals surface area (Å²) in [6.45, 7) is 3.39. The lowest BCUT2D eigenvalue weighted by Gasteiger charge is -2.16. The monoisotopic (exact) mass is 436 g/mol. The molecule has 1 aromatic heterocycles. The fourth-order valence-electron chi connectivity index (χ4n) is 3.50. The van der Waals surface area contributed by atoms with Crippen molar-refractivity contribution in [1.82, 2.24) is 15.5 Å². The molecule has 0 fully saturated rings. The van der Waals surface area contributed by atoms with E-state index in [1.165, 1.54) is 4.90 Å². The van der Waals surface area contributed by atoms with Gasteiger partial charge >= 0.3 is 0 Å². The van der Waals surface area contributed by atoms with Gasteiger partial charge in [0.15, 0.2) is 5.96 Å². The van der Waals surface area contributed by atoms with Crippen LogP contribution in [0, 0.1) is 0 Å². The van der Waals surface area contributed by atoms with Gasteiger partial charge < -0.3 is 15.7 Å². The first-order valence-corrected chi connectivity index (χ1v) is 11.0. The third kappa shape index (κ3) is 4.45. The van der Waals surface area contributed by atoms with Crippen molar-refractivity contribution in [2.24, 2.45) is 4.99 Å². The van der Waals surface area contributed by atoms with E-state index in [1.807, 2.05) is 37.3 Å². The first-order chi connectivity index (χ1) is 15.1. The van der Waals surface area contributed by atoms with Crippen LogP contribution in [0.15, 0.2) is 59.6 Å². The van der Waals surface area contributed by atoms with E-state index in [2.05, 4.69) is 15.6 Å².